The number of ketones is 1. The van der Waals surface area contributed by atoms with E-state index in [9.17, 15) is 9.18 Å². The summed E-state index contributed by atoms with van der Waals surface area (Å²) >= 11 is 0. The molecule has 2 rings (SSSR count). The average molecular weight is 313 g/mol. The van der Waals surface area contributed by atoms with E-state index in [1.54, 1.807) is 0 Å². The SMILES string of the molecule is CON=CC(=NNc1ccc(C)cc1)C(=O)c1ccc(F)cc1. The monoisotopic (exact) mass is 313 g/mol. The van der Waals surface area contributed by atoms with Crippen molar-refractivity contribution in [1.29, 1.82) is 0 Å². The molecule has 0 saturated heterocycles. The van der Waals surface area contributed by atoms with Crippen molar-refractivity contribution in [3.05, 3.63) is 65.5 Å². The van der Waals surface area contributed by atoms with Gasteiger partial charge in [0.1, 0.15) is 12.9 Å². The first-order chi connectivity index (χ1) is 11.1. The van der Waals surface area contributed by atoms with Gasteiger partial charge in [0.2, 0.25) is 5.78 Å². The summed E-state index contributed by atoms with van der Waals surface area (Å²) < 4.78 is 13.0. The van der Waals surface area contributed by atoms with E-state index in [0.29, 0.717) is 5.56 Å². The Morgan fingerprint density at radius 2 is 1.78 bits per heavy atom. The Hall–Kier alpha value is -3.02. The third-order valence-corrected chi connectivity index (χ3v) is 2.98. The number of aryl methyl sites for hydroxylation is 1. The Morgan fingerprint density at radius 3 is 2.39 bits per heavy atom. The fourth-order valence-corrected chi connectivity index (χ4v) is 1.74. The van der Waals surface area contributed by atoms with Crippen LogP contribution in [0.3, 0.4) is 0 Å². The van der Waals surface area contributed by atoms with E-state index in [2.05, 4.69) is 20.5 Å². The predicted octanol–water partition coefficient (Wildman–Crippen LogP) is 3.42. The lowest BCUT2D eigenvalue weighted by molar-refractivity contribution is 0.106. The van der Waals surface area contributed by atoms with Gasteiger partial charge < -0.3 is 4.84 Å². The highest BCUT2D eigenvalue weighted by Gasteiger charge is 2.13. The predicted molar refractivity (Wildman–Crippen MR) is 88.5 cm³/mol. The van der Waals surface area contributed by atoms with Crippen molar-refractivity contribution in [2.24, 2.45) is 10.3 Å². The number of benzene rings is 2. The zero-order valence-electron chi connectivity index (χ0n) is 12.8. The molecule has 5 nitrogen and oxygen atoms in total. The van der Waals surface area contributed by atoms with Gasteiger partial charge in [0.25, 0.3) is 0 Å². The van der Waals surface area contributed by atoms with Crippen LogP contribution >= 0.6 is 0 Å². The molecule has 6 heteroatoms. The van der Waals surface area contributed by atoms with Crippen molar-refractivity contribution in [1.82, 2.24) is 0 Å². The van der Waals surface area contributed by atoms with Gasteiger partial charge in [-0.25, -0.2) is 4.39 Å². The fourth-order valence-electron chi connectivity index (χ4n) is 1.74. The van der Waals surface area contributed by atoms with Gasteiger partial charge in [0, 0.05) is 5.56 Å². The summed E-state index contributed by atoms with van der Waals surface area (Å²) in [5, 5.41) is 7.63. The highest BCUT2D eigenvalue weighted by Crippen LogP contribution is 2.09. The maximum absolute atomic E-state index is 13.0. The van der Waals surface area contributed by atoms with E-state index >= 15 is 0 Å². The highest BCUT2D eigenvalue weighted by atomic mass is 19.1. The summed E-state index contributed by atoms with van der Waals surface area (Å²) in [4.78, 5) is 17.0. The molecule has 23 heavy (non-hydrogen) atoms. The molecule has 0 aliphatic carbocycles. The van der Waals surface area contributed by atoms with Crippen molar-refractivity contribution in [3.8, 4) is 0 Å². The minimum Gasteiger partial charge on any atom is -0.399 e. The summed E-state index contributed by atoms with van der Waals surface area (Å²) in [5.41, 5.74) is 4.98. The number of anilines is 1. The van der Waals surface area contributed by atoms with E-state index < -0.39 is 11.6 Å². The fraction of sp³-hybridized carbons (Fsp3) is 0.118. The van der Waals surface area contributed by atoms with Crippen molar-refractivity contribution in [3.63, 3.8) is 0 Å². The molecule has 118 valence electrons. The Balaban J connectivity index is 2.23. The van der Waals surface area contributed by atoms with Crippen LogP contribution < -0.4 is 5.43 Å². The number of Topliss-reactive ketones (excluding diaryl/α,β-unsaturated/α-hetero) is 1. The van der Waals surface area contributed by atoms with Crippen LogP contribution in [0.5, 0.6) is 0 Å². The van der Waals surface area contributed by atoms with E-state index in [1.807, 2.05) is 31.2 Å². The summed E-state index contributed by atoms with van der Waals surface area (Å²) in [6, 6.07) is 12.7. The van der Waals surface area contributed by atoms with Gasteiger partial charge in [-0.05, 0) is 43.3 Å². The first-order valence-corrected chi connectivity index (χ1v) is 6.87. The number of nitrogens with one attached hydrogen (secondary N) is 1. The van der Waals surface area contributed by atoms with Crippen molar-refractivity contribution in [2.45, 2.75) is 6.92 Å². The number of rotatable bonds is 6. The summed E-state index contributed by atoms with van der Waals surface area (Å²) in [6.07, 6.45) is 1.20. The molecule has 0 radical (unpaired) electrons. The second kappa shape index (κ2) is 7.84. The molecule has 0 spiro atoms. The Labute approximate surface area is 133 Å². The Kier molecular flexibility index (Phi) is 5.57. The van der Waals surface area contributed by atoms with Crippen molar-refractivity contribution in [2.75, 3.05) is 12.5 Å². The number of hydrazone groups is 1. The van der Waals surface area contributed by atoms with E-state index in [0.717, 1.165) is 11.3 Å². The van der Waals surface area contributed by atoms with Gasteiger partial charge in [0.05, 0.1) is 11.9 Å². The molecule has 0 amide bonds. The van der Waals surface area contributed by atoms with Gasteiger partial charge in [-0.2, -0.15) is 5.10 Å². The van der Waals surface area contributed by atoms with Gasteiger partial charge in [-0.1, -0.05) is 22.9 Å². The molecular formula is C17H16FN3O2. The van der Waals surface area contributed by atoms with Crippen LogP contribution in [-0.2, 0) is 4.84 Å². The topological polar surface area (TPSA) is 63.1 Å². The normalized spacial score (nSPS) is 11.5. The summed E-state index contributed by atoms with van der Waals surface area (Å²) in [7, 11) is 1.36. The van der Waals surface area contributed by atoms with Crippen LogP contribution in [0.25, 0.3) is 0 Å². The number of carbonyl (C=O) groups excluding carboxylic acids is 1. The molecule has 0 bridgehead atoms. The molecule has 0 heterocycles. The molecule has 2 aromatic rings. The van der Waals surface area contributed by atoms with E-state index in [4.69, 9.17) is 0 Å². The third kappa shape index (κ3) is 4.74. The third-order valence-electron chi connectivity index (χ3n) is 2.98. The molecule has 0 aliphatic rings. The first kappa shape index (κ1) is 16.4. The highest BCUT2D eigenvalue weighted by molar-refractivity contribution is 6.64. The lowest BCUT2D eigenvalue weighted by Crippen LogP contribution is -2.18. The number of nitrogens with zero attached hydrogens (tertiary/aromatic N) is 2. The number of halogens is 1. The first-order valence-electron chi connectivity index (χ1n) is 6.87. The molecule has 0 saturated carbocycles. The van der Waals surface area contributed by atoms with Crippen LogP contribution in [0.15, 0.2) is 58.8 Å². The zero-order valence-corrected chi connectivity index (χ0v) is 12.8. The van der Waals surface area contributed by atoms with Crippen LogP contribution in [-0.4, -0.2) is 24.8 Å². The number of hydrogen-bond acceptors (Lipinski definition) is 5. The minimum absolute atomic E-state index is 0.0408. The van der Waals surface area contributed by atoms with Crippen LogP contribution in [0, 0.1) is 12.7 Å². The largest absolute Gasteiger partial charge is 0.399 e. The Morgan fingerprint density at radius 1 is 1.13 bits per heavy atom. The molecule has 0 unspecified atom stereocenters. The lowest BCUT2D eigenvalue weighted by atomic mass is 10.1. The number of hydrogen-bond donors (Lipinski definition) is 1. The van der Waals surface area contributed by atoms with E-state index in [-0.39, 0.29) is 5.71 Å². The standard InChI is InChI=1S/C17H16FN3O2/c1-12-3-9-15(10-4-12)20-21-16(11-19-23-2)17(22)13-5-7-14(18)8-6-13/h3-11,20H,1-2H3. The van der Waals surface area contributed by atoms with E-state index in [1.165, 1.54) is 37.6 Å². The lowest BCUT2D eigenvalue weighted by Gasteiger charge is -2.04. The van der Waals surface area contributed by atoms with Crippen LogP contribution in [0.4, 0.5) is 10.1 Å². The van der Waals surface area contributed by atoms with Gasteiger partial charge in [-0.3, -0.25) is 10.2 Å². The summed E-state index contributed by atoms with van der Waals surface area (Å²) in [5.74, 6) is -0.811. The molecule has 0 fully saturated rings. The second-order valence-electron chi connectivity index (χ2n) is 4.73. The minimum atomic E-state index is -0.414. The van der Waals surface area contributed by atoms with Crippen molar-refractivity contribution >= 4 is 23.4 Å². The zero-order chi connectivity index (χ0) is 16.7. The smallest absolute Gasteiger partial charge is 0.214 e. The molecular weight excluding hydrogens is 297 g/mol. The molecule has 0 aliphatic heterocycles. The molecule has 0 aromatic heterocycles. The Bertz CT molecular complexity index is 723. The van der Waals surface area contributed by atoms with Gasteiger partial charge in [0.15, 0.2) is 5.71 Å². The maximum Gasteiger partial charge on any atom is 0.214 e. The molecule has 1 N–H and O–H groups in total. The number of oxime groups is 1. The quantitative estimate of drug-likeness (QED) is 0.505. The average Bonchev–Trinajstić information content (AvgIpc) is 2.56. The van der Waals surface area contributed by atoms with Crippen molar-refractivity contribution < 1.29 is 14.0 Å². The molecule has 0 atom stereocenters. The number of carbonyl (C=O) groups is 1. The van der Waals surface area contributed by atoms with Gasteiger partial charge in [-0.15, -0.1) is 0 Å². The molecule has 2 aromatic carbocycles. The van der Waals surface area contributed by atoms with Crippen LogP contribution in [0.1, 0.15) is 15.9 Å². The maximum atomic E-state index is 13.0. The van der Waals surface area contributed by atoms with Crippen LogP contribution in [0.2, 0.25) is 0 Å². The second-order valence-corrected chi connectivity index (χ2v) is 4.73. The van der Waals surface area contributed by atoms with Gasteiger partial charge >= 0.3 is 0 Å². The summed E-state index contributed by atoms with van der Waals surface area (Å²) in [6.45, 7) is 1.97.